The summed E-state index contributed by atoms with van der Waals surface area (Å²) >= 11 is 0. The van der Waals surface area contributed by atoms with Crippen molar-refractivity contribution in [1.29, 1.82) is 0 Å². The molecule has 0 aliphatic carbocycles. The highest BCUT2D eigenvalue weighted by Gasteiger charge is 2.05. The lowest BCUT2D eigenvalue weighted by Crippen LogP contribution is -1.92. The Balaban J connectivity index is 5.40. The van der Waals surface area contributed by atoms with E-state index in [-0.39, 0.29) is 11.5 Å². The van der Waals surface area contributed by atoms with Crippen molar-refractivity contribution in [1.82, 2.24) is 0 Å². The van der Waals surface area contributed by atoms with Crippen LogP contribution in [0.5, 0.6) is 0 Å². The number of nitrogens with zero attached hydrogens (tertiary/aromatic N) is 1. The highest BCUT2D eigenvalue weighted by Crippen LogP contribution is 2.22. The number of allylic oxidation sites excluding steroid dienone is 5. The van der Waals surface area contributed by atoms with Crippen molar-refractivity contribution >= 4 is 0 Å². The maximum absolute atomic E-state index is 10.4. The van der Waals surface area contributed by atoms with Gasteiger partial charge < -0.3 is 5.11 Å². The molecule has 0 bridgehead atoms. The number of hydrogen-bond acceptors (Lipinski definition) is 3. The zero-order valence-corrected chi connectivity index (χ0v) is 10.7. The largest absolute Gasteiger partial charge is 0.513 e. The van der Waals surface area contributed by atoms with Crippen LogP contribution in [0.2, 0.25) is 0 Å². The van der Waals surface area contributed by atoms with Crippen molar-refractivity contribution in [2.24, 2.45) is 5.18 Å². The second-order valence-electron chi connectivity index (χ2n) is 4.08. The topological polar surface area (TPSA) is 49.7 Å². The van der Waals surface area contributed by atoms with Crippen molar-refractivity contribution in [3.8, 4) is 0 Å². The first-order valence-corrected chi connectivity index (χ1v) is 5.22. The molecule has 0 saturated carbocycles. The van der Waals surface area contributed by atoms with E-state index in [4.69, 9.17) is 0 Å². The van der Waals surface area contributed by atoms with Gasteiger partial charge in [0.2, 0.25) is 0 Å². The zero-order chi connectivity index (χ0) is 13.6. The van der Waals surface area contributed by atoms with E-state index in [1.54, 1.807) is 13.0 Å². The smallest absolute Gasteiger partial charge is 0.103 e. The second kappa shape index (κ2) is 6.63. The van der Waals surface area contributed by atoms with E-state index in [0.29, 0.717) is 12.0 Å². The third-order valence-corrected chi connectivity index (χ3v) is 2.32. The third kappa shape index (κ3) is 5.11. The van der Waals surface area contributed by atoms with Gasteiger partial charge in [-0.2, -0.15) is 0 Å². The Hall–Kier alpha value is -1.90. The Morgan fingerprint density at radius 2 is 1.76 bits per heavy atom. The molecule has 0 saturated heterocycles. The van der Waals surface area contributed by atoms with E-state index in [1.807, 2.05) is 13.8 Å². The molecule has 0 amide bonds. The quantitative estimate of drug-likeness (QED) is 0.415. The van der Waals surface area contributed by atoms with Gasteiger partial charge in [0.1, 0.15) is 5.70 Å². The fraction of sp³-hybridized carbons (Fsp3) is 0.286. The average molecular weight is 233 g/mol. The van der Waals surface area contributed by atoms with E-state index in [0.717, 1.165) is 16.7 Å². The molecule has 0 heterocycles. The molecule has 1 N–H and O–H groups in total. The molecule has 3 heteroatoms. The molecule has 0 aromatic rings. The van der Waals surface area contributed by atoms with Crippen molar-refractivity contribution in [2.75, 3.05) is 0 Å². The van der Waals surface area contributed by atoms with Crippen LogP contribution in [-0.4, -0.2) is 5.11 Å². The summed E-state index contributed by atoms with van der Waals surface area (Å²) in [6, 6.07) is 0. The molecule has 92 valence electrons. The van der Waals surface area contributed by atoms with Gasteiger partial charge >= 0.3 is 0 Å². The molecule has 0 aromatic heterocycles. The van der Waals surface area contributed by atoms with Gasteiger partial charge in [-0.05, 0) is 43.2 Å². The summed E-state index contributed by atoms with van der Waals surface area (Å²) in [6.07, 6.45) is 2.18. The number of nitroso groups, excluding NO2 is 1. The van der Waals surface area contributed by atoms with E-state index in [9.17, 15) is 10.0 Å². The molecule has 0 spiro atoms. The molecule has 0 aliphatic rings. The first-order chi connectivity index (χ1) is 7.79. The van der Waals surface area contributed by atoms with E-state index in [2.05, 4.69) is 24.9 Å². The molecule has 0 atom stereocenters. The van der Waals surface area contributed by atoms with Crippen LogP contribution >= 0.6 is 0 Å². The summed E-state index contributed by atoms with van der Waals surface area (Å²) in [5, 5.41) is 12.0. The minimum Gasteiger partial charge on any atom is -0.513 e. The number of aliphatic hydroxyl groups excluding tert-OH is 1. The maximum atomic E-state index is 10.4. The summed E-state index contributed by atoms with van der Waals surface area (Å²) in [7, 11) is 0. The minimum absolute atomic E-state index is 0.0969. The predicted octanol–water partition coefficient (Wildman–Crippen LogP) is 4.57. The van der Waals surface area contributed by atoms with Crippen LogP contribution in [0.25, 0.3) is 0 Å². The molecule has 0 radical (unpaired) electrons. The summed E-state index contributed by atoms with van der Waals surface area (Å²) in [5.74, 6) is 0.0969. The van der Waals surface area contributed by atoms with Gasteiger partial charge in [0.05, 0.1) is 5.76 Å². The molecular weight excluding hydrogens is 214 g/mol. The van der Waals surface area contributed by atoms with Crippen LogP contribution in [0, 0.1) is 4.91 Å². The van der Waals surface area contributed by atoms with Crippen molar-refractivity contribution in [2.45, 2.75) is 27.2 Å². The molecule has 17 heavy (non-hydrogen) atoms. The Labute approximate surface area is 103 Å². The van der Waals surface area contributed by atoms with Gasteiger partial charge in [0.25, 0.3) is 0 Å². The molecular formula is C14H19NO2. The van der Waals surface area contributed by atoms with Crippen LogP contribution < -0.4 is 0 Å². The van der Waals surface area contributed by atoms with E-state index < -0.39 is 0 Å². The molecule has 0 unspecified atom stereocenters. The number of rotatable bonds is 6. The fourth-order valence-electron chi connectivity index (χ4n) is 1.38. The van der Waals surface area contributed by atoms with Gasteiger partial charge in [-0.1, -0.05) is 30.9 Å². The summed E-state index contributed by atoms with van der Waals surface area (Å²) < 4.78 is 0. The lowest BCUT2D eigenvalue weighted by atomic mass is 9.97. The Morgan fingerprint density at radius 1 is 1.24 bits per heavy atom. The summed E-state index contributed by atoms with van der Waals surface area (Å²) in [4.78, 5) is 10.4. The SMILES string of the molecule is C=C(O)C/C(C)=C(\C=C(/C)C(=C)N=O)C(=C)C. The van der Waals surface area contributed by atoms with Crippen LogP contribution in [0.15, 0.2) is 64.7 Å². The van der Waals surface area contributed by atoms with Gasteiger partial charge in [-0.25, -0.2) is 0 Å². The Kier molecular flexibility index (Phi) is 5.89. The van der Waals surface area contributed by atoms with Gasteiger partial charge in [0.15, 0.2) is 0 Å². The van der Waals surface area contributed by atoms with Gasteiger partial charge in [-0.15, -0.1) is 4.91 Å². The second-order valence-corrected chi connectivity index (χ2v) is 4.08. The zero-order valence-electron chi connectivity index (χ0n) is 10.7. The van der Waals surface area contributed by atoms with Crippen LogP contribution in [0.1, 0.15) is 27.2 Å². The van der Waals surface area contributed by atoms with Gasteiger partial charge in [0, 0.05) is 6.42 Å². The van der Waals surface area contributed by atoms with Crippen molar-refractivity contribution < 1.29 is 5.11 Å². The van der Waals surface area contributed by atoms with Crippen molar-refractivity contribution in [3.05, 3.63) is 64.5 Å². The number of hydrogen-bond donors (Lipinski definition) is 1. The Morgan fingerprint density at radius 3 is 2.12 bits per heavy atom. The standard InChI is InChI=1S/C14H19NO2/c1-9(2)14(11(4)7-12(5)16)8-10(3)13(6)15-17/h8,16H,1,5-7H2,2-4H3/b10-8+,14-11+. The molecule has 0 rings (SSSR count). The Bertz CT molecular complexity index is 426. The fourth-order valence-corrected chi connectivity index (χ4v) is 1.38. The van der Waals surface area contributed by atoms with Crippen LogP contribution in [0.4, 0.5) is 0 Å². The van der Waals surface area contributed by atoms with Gasteiger partial charge in [-0.3, -0.25) is 0 Å². The third-order valence-electron chi connectivity index (χ3n) is 2.32. The van der Waals surface area contributed by atoms with E-state index >= 15 is 0 Å². The number of aliphatic hydroxyl groups is 1. The normalized spacial score (nSPS) is 12.8. The van der Waals surface area contributed by atoms with Crippen LogP contribution in [0.3, 0.4) is 0 Å². The summed E-state index contributed by atoms with van der Waals surface area (Å²) in [5.41, 5.74) is 3.53. The first kappa shape index (κ1) is 15.1. The molecule has 3 nitrogen and oxygen atoms in total. The molecule has 0 fully saturated rings. The average Bonchev–Trinajstić information content (AvgIpc) is 2.22. The van der Waals surface area contributed by atoms with E-state index in [1.165, 1.54) is 0 Å². The predicted molar refractivity (Wildman–Crippen MR) is 72.6 cm³/mol. The molecule has 0 aliphatic heterocycles. The monoisotopic (exact) mass is 233 g/mol. The maximum Gasteiger partial charge on any atom is 0.103 e. The lowest BCUT2D eigenvalue weighted by molar-refractivity contribution is 0.401. The first-order valence-electron chi connectivity index (χ1n) is 5.22. The lowest BCUT2D eigenvalue weighted by Gasteiger charge is -2.09. The van der Waals surface area contributed by atoms with Crippen molar-refractivity contribution in [3.63, 3.8) is 0 Å². The minimum atomic E-state index is 0.0969. The highest BCUT2D eigenvalue weighted by molar-refractivity contribution is 5.45. The molecule has 0 aromatic carbocycles. The highest BCUT2D eigenvalue weighted by atomic mass is 16.3. The van der Waals surface area contributed by atoms with Crippen LogP contribution in [-0.2, 0) is 0 Å². The summed E-state index contributed by atoms with van der Waals surface area (Å²) in [6.45, 7) is 16.4.